The number of furan rings is 1. The Balaban J connectivity index is 1.68. The van der Waals surface area contributed by atoms with Crippen molar-refractivity contribution in [2.45, 2.75) is 19.9 Å². The number of nitrogens with zero attached hydrogens (tertiary/aromatic N) is 3. The van der Waals surface area contributed by atoms with Gasteiger partial charge in [0.2, 0.25) is 5.69 Å². The number of rotatable bonds is 2. The average molecular weight is 435 g/mol. The SMILES string of the molecule is [2H]C1([2H])c2ccc(-c3c(C#N)ccc4c3oc3c(-c5cccc[n+]5C)c(C)ccc34)cc2C([2H])([2H])N1C. The molecule has 0 spiro atoms. The second-order valence-corrected chi connectivity index (χ2v) is 8.45. The van der Waals surface area contributed by atoms with Gasteiger partial charge in [0.15, 0.2) is 6.20 Å². The van der Waals surface area contributed by atoms with E-state index >= 15 is 0 Å². The van der Waals surface area contributed by atoms with Crippen LogP contribution in [0.5, 0.6) is 0 Å². The van der Waals surface area contributed by atoms with Crippen molar-refractivity contribution in [3.63, 3.8) is 0 Å². The molecule has 0 aliphatic carbocycles. The number of hydrogen-bond acceptors (Lipinski definition) is 3. The fourth-order valence-corrected chi connectivity index (χ4v) is 4.76. The van der Waals surface area contributed by atoms with Crippen LogP contribution in [-0.4, -0.2) is 11.9 Å². The van der Waals surface area contributed by atoms with Gasteiger partial charge in [0.25, 0.3) is 0 Å². The summed E-state index contributed by atoms with van der Waals surface area (Å²) in [5.74, 6) is 0. The van der Waals surface area contributed by atoms with Crippen LogP contribution < -0.4 is 4.57 Å². The van der Waals surface area contributed by atoms with E-state index in [0.717, 1.165) is 38.1 Å². The van der Waals surface area contributed by atoms with Gasteiger partial charge in [-0.2, -0.15) is 5.26 Å². The Kier molecular flexibility index (Phi) is 3.49. The number of benzene rings is 3. The standard InChI is InChI=1S/C29H24N3O/c1-18-7-11-23-24-12-10-20(15-30)27(19-8-9-21-16-31(2)17-22(21)14-19)29(24)33-28(23)26(18)25-6-4-5-13-32(25)3/h4-14H,16-17H2,1-3H3/q+1/i16D2,17D2. The molecule has 0 unspecified atom stereocenters. The molecule has 160 valence electrons. The van der Waals surface area contributed by atoms with E-state index in [1.54, 1.807) is 24.3 Å². The first-order valence-corrected chi connectivity index (χ1v) is 10.8. The zero-order valence-electron chi connectivity index (χ0n) is 22.6. The molecule has 5 aromatic rings. The first-order chi connectivity index (χ1) is 17.6. The maximum atomic E-state index is 10.0. The molecule has 0 radical (unpaired) electrons. The molecule has 1 aliphatic heterocycles. The monoisotopic (exact) mass is 434 g/mol. The van der Waals surface area contributed by atoms with Gasteiger partial charge in [0.05, 0.1) is 17.2 Å². The molecule has 2 aromatic heterocycles. The highest BCUT2D eigenvalue weighted by Crippen LogP contribution is 2.42. The molecule has 6 rings (SSSR count). The topological polar surface area (TPSA) is 44.1 Å². The van der Waals surface area contributed by atoms with Crippen molar-refractivity contribution in [2.24, 2.45) is 7.05 Å². The van der Waals surface area contributed by atoms with Gasteiger partial charge in [-0.05, 0) is 60.5 Å². The summed E-state index contributed by atoms with van der Waals surface area (Å²) in [5, 5.41) is 11.8. The van der Waals surface area contributed by atoms with Crippen molar-refractivity contribution in [1.29, 1.82) is 5.26 Å². The van der Waals surface area contributed by atoms with Gasteiger partial charge < -0.3 is 4.42 Å². The Morgan fingerprint density at radius 1 is 0.970 bits per heavy atom. The predicted molar refractivity (Wildman–Crippen MR) is 130 cm³/mol. The van der Waals surface area contributed by atoms with Crippen LogP contribution in [0.4, 0.5) is 0 Å². The minimum Gasteiger partial charge on any atom is -0.454 e. The molecule has 33 heavy (non-hydrogen) atoms. The van der Waals surface area contributed by atoms with E-state index in [-0.39, 0.29) is 11.1 Å². The summed E-state index contributed by atoms with van der Waals surface area (Å²) >= 11 is 0. The third-order valence-electron chi connectivity index (χ3n) is 6.33. The van der Waals surface area contributed by atoms with Crippen molar-refractivity contribution < 1.29 is 14.5 Å². The van der Waals surface area contributed by atoms with Crippen molar-refractivity contribution in [3.05, 3.63) is 89.1 Å². The molecule has 0 bridgehead atoms. The van der Waals surface area contributed by atoms with E-state index in [9.17, 15) is 5.26 Å². The molecule has 0 amide bonds. The quantitative estimate of drug-likeness (QED) is 0.326. The number of hydrogen-bond donors (Lipinski definition) is 0. The second kappa shape index (κ2) is 7.30. The summed E-state index contributed by atoms with van der Waals surface area (Å²) in [5.41, 5.74) is 6.44. The molecule has 4 nitrogen and oxygen atoms in total. The minimum atomic E-state index is -2.00. The van der Waals surface area contributed by atoms with Crippen molar-refractivity contribution in [1.82, 2.24) is 4.90 Å². The molecule has 0 N–H and O–H groups in total. The lowest BCUT2D eigenvalue weighted by Gasteiger charge is -2.08. The van der Waals surface area contributed by atoms with Gasteiger partial charge in [-0.3, -0.25) is 4.90 Å². The molecule has 0 saturated carbocycles. The van der Waals surface area contributed by atoms with Gasteiger partial charge in [-0.15, -0.1) is 0 Å². The Morgan fingerprint density at radius 3 is 2.52 bits per heavy atom. The number of nitriles is 1. The maximum absolute atomic E-state index is 10.0. The van der Waals surface area contributed by atoms with E-state index in [1.807, 2.05) is 55.1 Å². The summed E-state index contributed by atoms with van der Waals surface area (Å²) in [6, 6.07) is 21.1. The molecule has 3 heterocycles. The highest BCUT2D eigenvalue weighted by Gasteiger charge is 2.24. The second-order valence-electron chi connectivity index (χ2n) is 8.45. The summed E-state index contributed by atoms with van der Waals surface area (Å²) in [4.78, 5) is 1.09. The minimum absolute atomic E-state index is 0.252. The average Bonchev–Trinajstić information content (AvgIpc) is 3.31. The van der Waals surface area contributed by atoms with Crippen LogP contribution >= 0.6 is 0 Å². The lowest BCUT2D eigenvalue weighted by Crippen LogP contribution is -2.30. The molecule has 4 heteroatoms. The third kappa shape index (κ3) is 2.97. The van der Waals surface area contributed by atoms with Crippen LogP contribution in [0.25, 0.3) is 44.3 Å². The largest absolute Gasteiger partial charge is 0.454 e. The van der Waals surface area contributed by atoms with Gasteiger partial charge in [0, 0.05) is 46.9 Å². The number of pyridine rings is 1. The summed E-state index contributed by atoms with van der Waals surface area (Å²) < 4.78 is 42.6. The molecule has 0 fully saturated rings. The zero-order chi connectivity index (χ0) is 26.3. The molecular weight excluding hydrogens is 406 g/mol. The highest BCUT2D eigenvalue weighted by molar-refractivity contribution is 6.14. The van der Waals surface area contributed by atoms with E-state index in [4.69, 9.17) is 9.90 Å². The fraction of sp³-hybridized carbons (Fsp3) is 0.172. The smallest absolute Gasteiger partial charge is 0.216 e. The van der Waals surface area contributed by atoms with Crippen LogP contribution in [-0.2, 0) is 20.0 Å². The van der Waals surface area contributed by atoms with Crippen molar-refractivity contribution in [3.8, 4) is 28.5 Å². The van der Waals surface area contributed by atoms with Crippen LogP contribution in [0.15, 0.2) is 71.3 Å². The van der Waals surface area contributed by atoms with Crippen molar-refractivity contribution in [2.75, 3.05) is 7.05 Å². The van der Waals surface area contributed by atoms with E-state index in [2.05, 4.69) is 12.1 Å². The Hall–Kier alpha value is -3.94. The number of aryl methyl sites for hydroxylation is 2. The normalized spacial score (nSPS) is 18.4. The first kappa shape index (κ1) is 15.8. The third-order valence-corrected chi connectivity index (χ3v) is 6.33. The predicted octanol–water partition coefficient (Wildman–Crippen LogP) is 5.87. The van der Waals surface area contributed by atoms with Gasteiger partial charge >= 0.3 is 0 Å². The summed E-state index contributed by atoms with van der Waals surface area (Å²) in [6.07, 6.45) is 1.99. The molecule has 1 aliphatic rings. The van der Waals surface area contributed by atoms with Crippen LogP contribution in [0.1, 0.15) is 27.7 Å². The lowest BCUT2D eigenvalue weighted by atomic mass is 9.94. The van der Waals surface area contributed by atoms with Crippen LogP contribution in [0.2, 0.25) is 0 Å². The van der Waals surface area contributed by atoms with Gasteiger partial charge in [-0.25, -0.2) is 4.57 Å². The molecule has 3 aromatic carbocycles. The molecule has 0 saturated heterocycles. The van der Waals surface area contributed by atoms with Gasteiger partial charge in [-0.1, -0.05) is 24.3 Å². The van der Waals surface area contributed by atoms with Crippen molar-refractivity contribution >= 4 is 21.9 Å². The number of aromatic nitrogens is 1. The Labute approximate surface area is 198 Å². The molecular formula is C29H24N3O+. The highest BCUT2D eigenvalue weighted by atomic mass is 16.3. The Morgan fingerprint density at radius 2 is 1.73 bits per heavy atom. The Bertz CT molecular complexity index is 1800. The summed E-state index contributed by atoms with van der Waals surface area (Å²) in [6.45, 7) is -1.90. The number of fused-ring (bicyclic) bond motifs is 4. The zero-order valence-corrected chi connectivity index (χ0v) is 18.6. The summed E-state index contributed by atoms with van der Waals surface area (Å²) in [7, 11) is 3.43. The van der Waals surface area contributed by atoms with Gasteiger partial charge in [0.1, 0.15) is 18.2 Å². The van der Waals surface area contributed by atoms with E-state index < -0.39 is 13.0 Å². The first-order valence-electron chi connectivity index (χ1n) is 12.8. The van der Waals surface area contributed by atoms with Crippen LogP contribution in [0, 0.1) is 18.3 Å². The fourth-order valence-electron chi connectivity index (χ4n) is 4.76. The maximum Gasteiger partial charge on any atom is 0.216 e. The van der Waals surface area contributed by atoms with Crippen LogP contribution in [0.3, 0.4) is 0 Å². The van der Waals surface area contributed by atoms with E-state index in [1.165, 1.54) is 7.05 Å². The molecule has 0 atom stereocenters. The lowest BCUT2D eigenvalue weighted by molar-refractivity contribution is -0.660. The van der Waals surface area contributed by atoms with E-state index in [0.29, 0.717) is 22.3 Å².